The Bertz CT molecular complexity index is 1300. The number of anilines is 1. The number of nitrogens with zero attached hydrogens (tertiary/aromatic N) is 2. The van der Waals surface area contributed by atoms with E-state index in [1.54, 1.807) is 25.4 Å². The molecule has 2 heterocycles. The SMILES string of the molecule is CCC1CC(C=O)N(Cc2ccc(NC(=O)c3ccc[nH]3)cc2)N=C1c1ccc(OC)c(OC2CCCC2)c1. The van der Waals surface area contributed by atoms with E-state index in [4.69, 9.17) is 14.6 Å². The number of aromatic amines is 1. The largest absolute Gasteiger partial charge is 0.493 e. The number of hydrogen-bond acceptors (Lipinski definition) is 6. The summed E-state index contributed by atoms with van der Waals surface area (Å²) in [4.78, 5) is 27.3. The molecule has 2 unspecified atom stereocenters. The predicted octanol–water partition coefficient (Wildman–Crippen LogP) is 5.80. The molecule has 0 bridgehead atoms. The van der Waals surface area contributed by atoms with Crippen LogP contribution in [0, 0.1) is 5.92 Å². The maximum atomic E-state index is 12.3. The van der Waals surface area contributed by atoms with E-state index in [0.717, 1.165) is 53.9 Å². The van der Waals surface area contributed by atoms with E-state index in [2.05, 4.69) is 17.2 Å². The molecule has 1 aliphatic heterocycles. The van der Waals surface area contributed by atoms with Gasteiger partial charge in [0.15, 0.2) is 11.5 Å². The van der Waals surface area contributed by atoms with E-state index >= 15 is 0 Å². The van der Waals surface area contributed by atoms with Crippen LogP contribution >= 0.6 is 0 Å². The molecule has 204 valence electrons. The Balaban J connectivity index is 1.36. The average Bonchev–Trinajstić information content (AvgIpc) is 3.69. The molecule has 5 rings (SSSR count). The Labute approximate surface area is 229 Å². The van der Waals surface area contributed by atoms with Crippen LogP contribution in [0.3, 0.4) is 0 Å². The minimum Gasteiger partial charge on any atom is -0.493 e. The summed E-state index contributed by atoms with van der Waals surface area (Å²) in [7, 11) is 1.66. The third-order valence-electron chi connectivity index (χ3n) is 7.64. The Hall–Kier alpha value is -4.07. The second kappa shape index (κ2) is 12.2. The highest BCUT2D eigenvalue weighted by Crippen LogP contribution is 2.35. The van der Waals surface area contributed by atoms with Crippen LogP contribution in [-0.2, 0) is 11.3 Å². The van der Waals surface area contributed by atoms with Gasteiger partial charge in [-0.05, 0) is 86.6 Å². The molecule has 39 heavy (non-hydrogen) atoms. The number of H-pyrrole nitrogens is 1. The van der Waals surface area contributed by atoms with Crippen LogP contribution in [0.15, 0.2) is 65.9 Å². The second-order valence-electron chi connectivity index (χ2n) is 10.3. The normalized spacial score (nSPS) is 19.4. The van der Waals surface area contributed by atoms with Crippen molar-refractivity contribution in [3.63, 3.8) is 0 Å². The van der Waals surface area contributed by atoms with Crippen LogP contribution in [0.5, 0.6) is 11.5 Å². The number of amides is 1. The molecule has 2 aromatic carbocycles. The van der Waals surface area contributed by atoms with Crippen molar-refractivity contribution in [2.24, 2.45) is 11.0 Å². The van der Waals surface area contributed by atoms with E-state index < -0.39 is 0 Å². The lowest BCUT2D eigenvalue weighted by Gasteiger charge is -2.35. The number of aldehydes is 1. The summed E-state index contributed by atoms with van der Waals surface area (Å²) < 4.78 is 11.9. The lowest BCUT2D eigenvalue weighted by atomic mass is 9.87. The highest BCUT2D eigenvalue weighted by Gasteiger charge is 2.31. The van der Waals surface area contributed by atoms with Crippen molar-refractivity contribution in [1.82, 2.24) is 9.99 Å². The number of nitrogens with one attached hydrogen (secondary N) is 2. The molecule has 2 N–H and O–H groups in total. The molecule has 1 amide bonds. The molecule has 0 saturated heterocycles. The number of rotatable bonds is 10. The number of methoxy groups -OCH3 is 1. The van der Waals surface area contributed by atoms with Gasteiger partial charge in [-0.15, -0.1) is 0 Å². The van der Waals surface area contributed by atoms with Crippen LogP contribution in [0.1, 0.15) is 67.1 Å². The van der Waals surface area contributed by atoms with Crippen molar-refractivity contribution in [2.45, 2.75) is 64.1 Å². The Kier molecular flexibility index (Phi) is 8.30. The maximum Gasteiger partial charge on any atom is 0.272 e. The fraction of sp³-hybridized carbons (Fsp3) is 0.387. The van der Waals surface area contributed by atoms with E-state index in [-0.39, 0.29) is 24.0 Å². The van der Waals surface area contributed by atoms with E-state index in [9.17, 15) is 9.59 Å². The summed E-state index contributed by atoms with van der Waals surface area (Å²) in [5, 5.41) is 9.80. The topological polar surface area (TPSA) is 96.0 Å². The summed E-state index contributed by atoms with van der Waals surface area (Å²) >= 11 is 0. The zero-order valence-corrected chi connectivity index (χ0v) is 22.6. The highest BCUT2D eigenvalue weighted by molar-refractivity contribution is 6.03. The second-order valence-corrected chi connectivity index (χ2v) is 10.3. The van der Waals surface area contributed by atoms with Gasteiger partial charge in [0.2, 0.25) is 0 Å². The number of benzene rings is 2. The fourth-order valence-corrected chi connectivity index (χ4v) is 5.42. The molecule has 8 heteroatoms. The van der Waals surface area contributed by atoms with Crippen molar-refractivity contribution in [2.75, 3.05) is 12.4 Å². The Morgan fingerprint density at radius 2 is 1.92 bits per heavy atom. The zero-order chi connectivity index (χ0) is 27.2. The first-order valence-corrected chi connectivity index (χ1v) is 13.8. The van der Waals surface area contributed by atoms with Gasteiger partial charge < -0.3 is 24.6 Å². The summed E-state index contributed by atoms with van der Waals surface area (Å²) in [5.41, 5.74) is 4.16. The molecule has 0 radical (unpaired) electrons. The van der Waals surface area contributed by atoms with Crippen LogP contribution in [0.2, 0.25) is 0 Å². The minimum absolute atomic E-state index is 0.162. The number of carbonyl (C=O) groups excluding carboxylic acids is 2. The van der Waals surface area contributed by atoms with Gasteiger partial charge in [-0.25, -0.2) is 0 Å². The first-order valence-electron chi connectivity index (χ1n) is 13.8. The molecule has 1 fully saturated rings. The smallest absolute Gasteiger partial charge is 0.272 e. The standard InChI is InChI=1S/C31H36N4O4/c1-3-22-17-25(20-36)35(19-21-10-13-24(14-11-21)33-31(37)27-9-6-16-32-27)34-30(22)23-12-15-28(38-2)29(18-23)39-26-7-4-5-8-26/h6,9-16,18,20,22,25-26,32H,3-5,7-8,17,19H2,1-2H3,(H,33,37). The van der Waals surface area contributed by atoms with E-state index in [1.165, 1.54) is 12.8 Å². The first-order chi connectivity index (χ1) is 19.1. The van der Waals surface area contributed by atoms with Crippen LogP contribution in [-0.4, -0.2) is 47.2 Å². The average molecular weight is 529 g/mol. The fourth-order valence-electron chi connectivity index (χ4n) is 5.42. The van der Waals surface area contributed by atoms with Crippen molar-refractivity contribution >= 4 is 23.6 Å². The van der Waals surface area contributed by atoms with Gasteiger partial charge in [0.05, 0.1) is 25.5 Å². The molecular weight excluding hydrogens is 492 g/mol. The molecule has 1 saturated carbocycles. The molecule has 1 aliphatic carbocycles. The molecule has 2 aliphatic rings. The number of hydrazone groups is 1. The lowest BCUT2D eigenvalue weighted by Crippen LogP contribution is -2.41. The highest BCUT2D eigenvalue weighted by atomic mass is 16.5. The molecule has 0 spiro atoms. The number of carbonyl (C=O) groups is 2. The first kappa shape index (κ1) is 26.5. The molecule has 3 aromatic rings. The van der Waals surface area contributed by atoms with Gasteiger partial charge in [0.1, 0.15) is 18.0 Å². The minimum atomic E-state index is -0.307. The maximum absolute atomic E-state index is 12.3. The zero-order valence-electron chi connectivity index (χ0n) is 22.6. The lowest BCUT2D eigenvalue weighted by molar-refractivity contribution is -0.113. The van der Waals surface area contributed by atoms with E-state index in [0.29, 0.717) is 24.3 Å². The molecule has 1 aromatic heterocycles. The predicted molar refractivity (Wildman–Crippen MR) is 151 cm³/mol. The third kappa shape index (κ3) is 6.16. The van der Waals surface area contributed by atoms with Crippen molar-refractivity contribution < 1.29 is 19.1 Å². The molecule has 8 nitrogen and oxygen atoms in total. The van der Waals surface area contributed by atoms with Crippen LogP contribution < -0.4 is 14.8 Å². The van der Waals surface area contributed by atoms with Gasteiger partial charge in [-0.2, -0.15) is 5.10 Å². The van der Waals surface area contributed by atoms with Crippen LogP contribution in [0.4, 0.5) is 5.69 Å². The number of aromatic nitrogens is 1. The van der Waals surface area contributed by atoms with Gasteiger partial charge in [0, 0.05) is 23.4 Å². The number of hydrogen-bond donors (Lipinski definition) is 2. The van der Waals surface area contributed by atoms with Gasteiger partial charge >= 0.3 is 0 Å². The summed E-state index contributed by atoms with van der Waals surface area (Å²) in [6.07, 6.45) is 9.04. The summed E-state index contributed by atoms with van der Waals surface area (Å²) in [6.45, 7) is 2.62. The monoisotopic (exact) mass is 528 g/mol. The Morgan fingerprint density at radius 3 is 2.59 bits per heavy atom. The van der Waals surface area contributed by atoms with Crippen molar-refractivity contribution in [3.8, 4) is 11.5 Å². The molecule has 2 atom stereocenters. The van der Waals surface area contributed by atoms with E-state index in [1.807, 2.05) is 47.5 Å². The van der Waals surface area contributed by atoms with Crippen molar-refractivity contribution in [1.29, 1.82) is 0 Å². The Morgan fingerprint density at radius 1 is 1.13 bits per heavy atom. The number of ether oxygens (including phenoxy) is 2. The van der Waals surface area contributed by atoms with Crippen LogP contribution in [0.25, 0.3) is 0 Å². The summed E-state index contributed by atoms with van der Waals surface area (Å²) in [6, 6.07) is 16.9. The third-order valence-corrected chi connectivity index (χ3v) is 7.64. The summed E-state index contributed by atoms with van der Waals surface area (Å²) in [5.74, 6) is 1.44. The van der Waals surface area contributed by atoms with Gasteiger partial charge in [-0.3, -0.25) is 9.80 Å². The van der Waals surface area contributed by atoms with Crippen molar-refractivity contribution in [3.05, 3.63) is 77.6 Å². The quantitative estimate of drug-likeness (QED) is 0.324. The molecular formula is C31H36N4O4. The van der Waals surface area contributed by atoms with Gasteiger partial charge in [0.25, 0.3) is 5.91 Å². The van der Waals surface area contributed by atoms with Gasteiger partial charge in [-0.1, -0.05) is 19.1 Å².